The van der Waals surface area contributed by atoms with Crippen LogP contribution in [0.2, 0.25) is 9.36 Å². The Balaban J connectivity index is 1.04. The summed E-state index contributed by atoms with van der Waals surface area (Å²) in [6.45, 7) is 2.86. The number of halogens is 3. The van der Waals surface area contributed by atoms with Gasteiger partial charge in [0.1, 0.15) is 40.1 Å². The van der Waals surface area contributed by atoms with Crippen LogP contribution in [0.1, 0.15) is 34.5 Å². The average molecular weight is 795 g/mol. The standard InChI is InChI=1S/C31H31Cl2FN10O6S2/c1-50-39-22(21-25(33)52-31(35)37-21)27(46)36-23-28(47)44-24(30(48)49)16(14-51-29(23)44)12-42-7-4-20-40(8-9-43(20)42)13-17-18(32)10-15(11-19(17)34)26(45)38-41-5-2-3-6-41/h4,7,10-11,23,29H,2-3,5-6,8-9,12-14H2,1H3,(H4-,35,36,37,38,45,46,48,49)/p+1/b39-22-/t23-,29-/m1/s1. The highest BCUT2D eigenvalue weighted by Crippen LogP contribution is 2.41. The van der Waals surface area contributed by atoms with Gasteiger partial charge in [-0.3, -0.25) is 24.7 Å². The lowest BCUT2D eigenvalue weighted by Gasteiger charge is -2.49. The van der Waals surface area contributed by atoms with E-state index in [-0.39, 0.29) is 61.6 Å². The first-order chi connectivity index (χ1) is 24.9. The summed E-state index contributed by atoms with van der Waals surface area (Å²) in [5.41, 5.74) is 8.96. The van der Waals surface area contributed by atoms with E-state index >= 15 is 4.39 Å². The predicted molar refractivity (Wildman–Crippen MR) is 190 cm³/mol. The van der Waals surface area contributed by atoms with Crippen LogP contribution in [0.25, 0.3) is 0 Å². The number of hydrogen-bond donors (Lipinski definition) is 4. The van der Waals surface area contributed by atoms with Crippen molar-refractivity contribution in [1.82, 2.24) is 30.3 Å². The van der Waals surface area contributed by atoms with Crippen molar-refractivity contribution < 1.29 is 38.2 Å². The van der Waals surface area contributed by atoms with E-state index in [0.717, 1.165) is 43.1 Å². The molecule has 1 aromatic carbocycles. The molecule has 2 fully saturated rings. The first-order valence-corrected chi connectivity index (χ1v) is 18.7. The lowest BCUT2D eigenvalue weighted by Crippen LogP contribution is -2.71. The number of carboxylic acids is 1. The van der Waals surface area contributed by atoms with Gasteiger partial charge in [-0.25, -0.2) is 19.2 Å². The molecule has 3 amide bonds. The van der Waals surface area contributed by atoms with Crippen LogP contribution in [0.15, 0.2) is 40.8 Å². The maximum Gasteiger partial charge on any atom is 0.352 e. The third-order valence-corrected chi connectivity index (χ3v) is 11.9. The summed E-state index contributed by atoms with van der Waals surface area (Å²) < 4.78 is 19.3. The van der Waals surface area contributed by atoms with Gasteiger partial charge < -0.3 is 25.9 Å². The number of aliphatic carboxylic acids is 1. The Labute approximate surface area is 313 Å². The van der Waals surface area contributed by atoms with Crippen molar-refractivity contribution in [2.75, 3.05) is 43.1 Å². The smallest absolute Gasteiger partial charge is 0.352 e. The number of carboxylic acid groups (broad SMARTS) is 1. The molecule has 4 aliphatic heterocycles. The number of benzene rings is 1. The molecule has 0 unspecified atom stereocenters. The van der Waals surface area contributed by atoms with Gasteiger partial charge >= 0.3 is 5.97 Å². The highest BCUT2D eigenvalue weighted by molar-refractivity contribution is 8.00. The molecular formula is C31H32Cl2FN10O6S2+. The number of β-lactam (4-membered cyclic amide) rings is 1. The Morgan fingerprint density at radius 1 is 1.21 bits per heavy atom. The Hall–Kier alpha value is -4.43. The minimum atomic E-state index is -1.28. The number of nitrogens with two attached hydrogens (primary N) is 1. The largest absolute Gasteiger partial charge is 0.477 e. The Morgan fingerprint density at radius 2 is 1.98 bits per heavy atom. The van der Waals surface area contributed by atoms with E-state index in [1.165, 1.54) is 35.9 Å². The van der Waals surface area contributed by atoms with Crippen LogP contribution in [0.3, 0.4) is 0 Å². The number of carbonyl (C=O) groups is 4. The second-order valence-corrected chi connectivity index (χ2v) is 15.4. The normalized spacial score (nSPS) is 20.2. The summed E-state index contributed by atoms with van der Waals surface area (Å²) in [5, 5.41) is 18.0. The number of hydrogen-bond acceptors (Lipinski definition) is 12. The molecule has 2 saturated heterocycles. The molecule has 5 N–H and O–H groups in total. The van der Waals surface area contributed by atoms with E-state index < -0.39 is 40.9 Å². The number of rotatable bonds is 11. The number of anilines is 2. The van der Waals surface area contributed by atoms with Crippen molar-refractivity contribution in [1.29, 1.82) is 0 Å². The van der Waals surface area contributed by atoms with E-state index in [9.17, 15) is 24.3 Å². The van der Waals surface area contributed by atoms with Crippen molar-refractivity contribution in [3.63, 3.8) is 0 Å². The highest BCUT2D eigenvalue weighted by Gasteiger charge is 2.55. The summed E-state index contributed by atoms with van der Waals surface area (Å²) in [5.74, 6) is -2.63. The molecule has 6 heterocycles. The number of nitrogens with one attached hydrogen (secondary N) is 2. The van der Waals surface area contributed by atoms with Crippen LogP contribution in [0.5, 0.6) is 0 Å². The van der Waals surface area contributed by atoms with Crippen LogP contribution in [0.4, 0.5) is 15.3 Å². The van der Waals surface area contributed by atoms with E-state index in [1.807, 2.05) is 25.3 Å². The predicted octanol–water partition coefficient (Wildman–Crippen LogP) is 1.81. The third kappa shape index (κ3) is 6.66. The highest BCUT2D eigenvalue weighted by atomic mass is 35.5. The second-order valence-electron chi connectivity index (χ2n) is 12.3. The van der Waals surface area contributed by atoms with Crippen LogP contribution in [-0.4, -0.2) is 98.0 Å². The quantitative estimate of drug-likeness (QED) is 0.0959. The molecule has 2 atom stereocenters. The van der Waals surface area contributed by atoms with Gasteiger partial charge in [-0.15, -0.1) is 21.1 Å². The van der Waals surface area contributed by atoms with Crippen molar-refractivity contribution >= 4 is 86.7 Å². The number of thioether (sulfide) groups is 1. The molecule has 7 rings (SSSR count). The molecule has 274 valence electrons. The second kappa shape index (κ2) is 14.5. The number of oxime groups is 1. The zero-order valence-corrected chi connectivity index (χ0v) is 30.6. The minimum Gasteiger partial charge on any atom is -0.477 e. The van der Waals surface area contributed by atoms with Crippen molar-refractivity contribution in [3.8, 4) is 0 Å². The summed E-state index contributed by atoms with van der Waals surface area (Å²) in [7, 11) is 1.23. The van der Waals surface area contributed by atoms with E-state index in [0.29, 0.717) is 18.7 Å². The van der Waals surface area contributed by atoms with Crippen molar-refractivity contribution in [2.24, 2.45) is 5.16 Å². The van der Waals surface area contributed by atoms with Crippen LogP contribution >= 0.6 is 46.3 Å². The number of fused-ring (bicyclic) bond motifs is 2. The molecule has 52 heavy (non-hydrogen) atoms. The fraction of sp³-hybridized carbons (Fsp3) is 0.387. The van der Waals surface area contributed by atoms with Gasteiger partial charge in [0.25, 0.3) is 17.7 Å². The summed E-state index contributed by atoms with van der Waals surface area (Å²) in [6, 6.07) is 3.48. The fourth-order valence-corrected chi connectivity index (χ4v) is 9.19. The lowest BCUT2D eigenvalue weighted by atomic mass is 10.0. The number of hydrazine groups is 1. The fourth-order valence-electron chi connectivity index (χ4n) is 6.66. The van der Waals surface area contributed by atoms with Gasteiger partial charge in [0.05, 0.1) is 12.6 Å². The molecule has 3 aromatic rings. The molecule has 0 aliphatic carbocycles. The molecule has 0 bridgehead atoms. The molecule has 21 heteroatoms. The molecule has 0 spiro atoms. The number of nitrogens with zero attached hydrogens (tertiary/aromatic N) is 7. The van der Waals surface area contributed by atoms with Crippen LogP contribution in [-0.2, 0) is 38.9 Å². The van der Waals surface area contributed by atoms with Crippen molar-refractivity contribution in [2.45, 2.75) is 43.9 Å². The van der Waals surface area contributed by atoms with E-state index in [4.69, 9.17) is 33.8 Å². The number of carbonyl (C=O) groups excluding carboxylic acids is 3. The van der Waals surface area contributed by atoms with Crippen LogP contribution < -0.4 is 26.1 Å². The monoisotopic (exact) mass is 793 g/mol. The molecule has 0 radical (unpaired) electrons. The van der Waals surface area contributed by atoms with Crippen LogP contribution in [0, 0.1) is 5.82 Å². The molecular weight excluding hydrogens is 762 g/mol. The van der Waals surface area contributed by atoms with Gasteiger partial charge in [-0.2, -0.15) is 0 Å². The molecule has 2 aromatic heterocycles. The van der Waals surface area contributed by atoms with E-state index in [1.54, 1.807) is 6.20 Å². The zero-order valence-electron chi connectivity index (χ0n) is 27.5. The zero-order chi connectivity index (χ0) is 36.8. The molecule has 4 aliphatic rings. The van der Waals surface area contributed by atoms with E-state index in [2.05, 4.69) is 20.9 Å². The third-order valence-electron chi connectivity index (χ3n) is 9.11. The number of thiazole rings is 1. The Kier molecular flexibility index (Phi) is 10.0. The number of aromatic nitrogens is 3. The Morgan fingerprint density at radius 3 is 2.65 bits per heavy atom. The average Bonchev–Trinajstić information content (AvgIpc) is 3.91. The summed E-state index contributed by atoms with van der Waals surface area (Å²) in [4.78, 5) is 63.7. The lowest BCUT2D eigenvalue weighted by molar-refractivity contribution is -0.766. The van der Waals surface area contributed by atoms with Gasteiger partial charge in [0.15, 0.2) is 29.4 Å². The Bertz CT molecular complexity index is 2030. The van der Waals surface area contributed by atoms with Gasteiger partial charge in [0.2, 0.25) is 0 Å². The first kappa shape index (κ1) is 36.0. The first-order valence-electron chi connectivity index (χ1n) is 16.1. The summed E-state index contributed by atoms with van der Waals surface area (Å²) >= 11 is 14.9. The maximum atomic E-state index is 15.4. The molecule has 0 saturated carbocycles. The van der Waals surface area contributed by atoms with Gasteiger partial charge in [0, 0.05) is 53.7 Å². The maximum absolute atomic E-state index is 15.4. The number of nitrogen functional groups attached to an aromatic ring is 1. The van der Waals surface area contributed by atoms with Gasteiger partial charge in [-0.1, -0.05) is 39.7 Å². The topological polar surface area (TPSA) is 192 Å². The van der Waals surface area contributed by atoms with Gasteiger partial charge in [-0.05, 0) is 25.0 Å². The molecule has 16 nitrogen and oxygen atoms in total. The van der Waals surface area contributed by atoms with Crippen molar-refractivity contribution in [3.05, 3.63) is 67.7 Å². The summed E-state index contributed by atoms with van der Waals surface area (Å²) in [6.07, 6.45) is 3.76. The number of amides is 3. The SMILES string of the molecule is CO/N=C(\C(=O)N[C@@H]1C(=O)N2C(C(=O)O)=C(C[n+]3ccc4n3CCN4Cc3c(F)cc(C(=O)NN4CCCC4)cc3Cl)CS[C@H]12)c1nc(N)sc1Cl. The minimum absolute atomic E-state index is 0.00405.